The molecule has 32 heavy (non-hydrogen) atoms. The van der Waals surface area contributed by atoms with Gasteiger partial charge in [0.2, 0.25) is 5.91 Å². The number of nitrogens with zero attached hydrogens (tertiary/aromatic N) is 3. The van der Waals surface area contributed by atoms with E-state index in [1.807, 2.05) is 44.2 Å². The van der Waals surface area contributed by atoms with Crippen LogP contribution in [0.3, 0.4) is 0 Å². The lowest BCUT2D eigenvalue weighted by Crippen LogP contribution is -2.29. The number of hydrogen-bond donors (Lipinski definition) is 1. The molecule has 0 saturated heterocycles. The lowest BCUT2D eigenvalue weighted by atomic mass is 9.82. The number of ether oxygens (including phenoxy) is 1. The molecule has 1 fully saturated rings. The number of pyridine rings is 1. The standard InChI is InChI=1S/C26H26N4O2/c1-17-23(15-28-18(2)29-17)32-16-26(20-10-4-3-5-11-20)14-21(26)25(31)30-22-12-6-8-19-9-7-13-27-24(19)22/h3-10,12-13,15,20-21H,11,14,16H2,1-2H3,(H,30,31)/t20?,21-,26+/m0/s1. The SMILES string of the molecule is Cc1ncc(OC[C@@]2(C3C=CC=CC3)C[C@H]2C(=O)Nc2cccc3cccnc23)c(C)n1. The van der Waals surface area contributed by atoms with Crippen LogP contribution in [0.15, 0.2) is 67.0 Å². The van der Waals surface area contributed by atoms with Crippen molar-refractivity contribution in [3.05, 3.63) is 78.5 Å². The summed E-state index contributed by atoms with van der Waals surface area (Å²) in [5.41, 5.74) is 2.12. The van der Waals surface area contributed by atoms with E-state index in [1.165, 1.54) is 0 Å². The van der Waals surface area contributed by atoms with Gasteiger partial charge in [0.25, 0.3) is 0 Å². The Labute approximate surface area is 187 Å². The molecule has 2 aliphatic carbocycles. The maximum Gasteiger partial charge on any atom is 0.228 e. The Morgan fingerprint density at radius 3 is 2.88 bits per heavy atom. The van der Waals surface area contributed by atoms with Crippen LogP contribution >= 0.6 is 0 Å². The van der Waals surface area contributed by atoms with Crippen molar-refractivity contribution in [3.8, 4) is 5.75 Å². The van der Waals surface area contributed by atoms with Gasteiger partial charge in [-0.2, -0.15) is 0 Å². The smallest absolute Gasteiger partial charge is 0.228 e. The number of amides is 1. The topological polar surface area (TPSA) is 77.0 Å². The van der Waals surface area contributed by atoms with Gasteiger partial charge in [-0.15, -0.1) is 0 Å². The number of carbonyl (C=O) groups excluding carboxylic acids is 1. The van der Waals surface area contributed by atoms with Crippen molar-refractivity contribution in [2.75, 3.05) is 11.9 Å². The van der Waals surface area contributed by atoms with Crippen molar-refractivity contribution in [1.82, 2.24) is 15.0 Å². The van der Waals surface area contributed by atoms with E-state index in [0.29, 0.717) is 12.4 Å². The molecule has 1 amide bonds. The highest BCUT2D eigenvalue weighted by atomic mass is 16.5. The fourth-order valence-electron chi connectivity index (χ4n) is 4.71. The minimum atomic E-state index is -0.249. The molecule has 2 heterocycles. The molecule has 3 atom stereocenters. The molecule has 3 aromatic rings. The maximum atomic E-state index is 13.3. The van der Waals surface area contributed by atoms with Crippen LogP contribution in [0.5, 0.6) is 5.75 Å². The highest BCUT2D eigenvalue weighted by molar-refractivity contribution is 6.02. The first kappa shape index (κ1) is 20.4. The number of anilines is 1. The third kappa shape index (κ3) is 3.77. The summed E-state index contributed by atoms with van der Waals surface area (Å²) < 4.78 is 6.20. The first-order valence-corrected chi connectivity index (χ1v) is 11.0. The average Bonchev–Trinajstić information content (AvgIpc) is 3.55. The van der Waals surface area contributed by atoms with E-state index in [9.17, 15) is 4.79 Å². The Morgan fingerprint density at radius 2 is 2.06 bits per heavy atom. The Balaban J connectivity index is 1.37. The molecule has 6 nitrogen and oxygen atoms in total. The fourth-order valence-corrected chi connectivity index (χ4v) is 4.71. The summed E-state index contributed by atoms with van der Waals surface area (Å²) in [5.74, 6) is 1.54. The van der Waals surface area contributed by atoms with Gasteiger partial charge in [-0.25, -0.2) is 9.97 Å². The second-order valence-corrected chi connectivity index (χ2v) is 8.67. The predicted octanol–water partition coefficient (Wildman–Crippen LogP) is 4.80. The zero-order chi connectivity index (χ0) is 22.1. The van der Waals surface area contributed by atoms with Crippen molar-refractivity contribution < 1.29 is 9.53 Å². The second kappa shape index (κ2) is 8.19. The molecular weight excluding hydrogens is 400 g/mol. The van der Waals surface area contributed by atoms with Gasteiger partial charge in [0.05, 0.1) is 29.7 Å². The average molecular weight is 427 g/mol. The fraction of sp³-hybridized carbons (Fsp3) is 0.308. The summed E-state index contributed by atoms with van der Waals surface area (Å²) in [5, 5.41) is 4.14. The van der Waals surface area contributed by atoms with E-state index in [2.05, 4.69) is 44.6 Å². The predicted molar refractivity (Wildman–Crippen MR) is 124 cm³/mol. The minimum Gasteiger partial charge on any atom is -0.489 e. The summed E-state index contributed by atoms with van der Waals surface area (Å²) in [6.45, 7) is 4.24. The van der Waals surface area contributed by atoms with Crippen LogP contribution in [0.1, 0.15) is 24.4 Å². The van der Waals surface area contributed by atoms with Gasteiger partial charge in [0.15, 0.2) is 5.75 Å². The summed E-state index contributed by atoms with van der Waals surface area (Å²) >= 11 is 0. The number of fused-ring (bicyclic) bond motifs is 1. The molecule has 0 aliphatic heterocycles. The lowest BCUT2D eigenvalue weighted by molar-refractivity contribution is -0.118. The van der Waals surface area contributed by atoms with Crippen molar-refractivity contribution >= 4 is 22.5 Å². The number of allylic oxidation sites excluding steroid dienone is 4. The Hall–Kier alpha value is -3.54. The summed E-state index contributed by atoms with van der Waals surface area (Å²) in [6.07, 6.45) is 13.7. The molecule has 2 aromatic heterocycles. The molecule has 2 aliphatic rings. The largest absolute Gasteiger partial charge is 0.489 e. The van der Waals surface area contributed by atoms with Crippen LogP contribution in [-0.2, 0) is 4.79 Å². The quantitative estimate of drug-likeness (QED) is 0.613. The van der Waals surface area contributed by atoms with Crippen LogP contribution in [0, 0.1) is 31.1 Å². The van der Waals surface area contributed by atoms with Gasteiger partial charge in [-0.1, -0.05) is 42.5 Å². The van der Waals surface area contributed by atoms with E-state index in [1.54, 1.807) is 12.4 Å². The van der Waals surface area contributed by atoms with E-state index in [0.717, 1.165) is 41.0 Å². The molecular formula is C26H26N4O2. The monoisotopic (exact) mass is 426 g/mol. The number of carbonyl (C=O) groups is 1. The summed E-state index contributed by atoms with van der Waals surface area (Å²) in [7, 11) is 0. The number of rotatable bonds is 6. The van der Waals surface area contributed by atoms with Gasteiger partial charge in [-0.3, -0.25) is 9.78 Å². The molecule has 1 N–H and O–H groups in total. The number of benzene rings is 1. The van der Waals surface area contributed by atoms with Crippen LogP contribution in [0.2, 0.25) is 0 Å². The van der Waals surface area contributed by atoms with Crippen molar-refractivity contribution in [2.24, 2.45) is 17.3 Å². The van der Waals surface area contributed by atoms with Crippen LogP contribution in [-0.4, -0.2) is 27.5 Å². The summed E-state index contributed by atoms with van der Waals surface area (Å²) in [6, 6.07) is 9.75. The second-order valence-electron chi connectivity index (χ2n) is 8.67. The normalized spacial score (nSPS) is 23.8. The van der Waals surface area contributed by atoms with E-state index in [4.69, 9.17) is 4.74 Å². The molecule has 162 valence electrons. The van der Waals surface area contributed by atoms with Crippen molar-refractivity contribution in [2.45, 2.75) is 26.7 Å². The number of para-hydroxylation sites is 1. The molecule has 5 rings (SSSR count). The van der Waals surface area contributed by atoms with Crippen molar-refractivity contribution in [1.29, 1.82) is 0 Å². The number of hydrogen-bond acceptors (Lipinski definition) is 5. The number of nitrogens with one attached hydrogen (secondary N) is 1. The molecule has 0 spiro atoms. The Morgan fingerprint density at radius 1 is 1.19 bits per heavy atom. The maximum absolute atomic E-state index is 13.3. The molecule has 1 saturated carbocycles. The first-order valence-electron chi connectivity index (χ1n) is 11.0. The van der Waals surface area contributed by atoms with Gasteiger partial charge < -0.3 is 10.1 Å². The highest BCUT2D eigenvalue weighted by Crippen LogP contribution is 2.60. The molecule has 6 heteroatoms. The first-order chi connectivity index (χ1) is 15.6. The van der Waals surface area contributed by atoms with Gasteiger partial charge in [0, 0.05) is 22.9 Å². The van der Waals surface area contributed by atoms with E-state index in [-0.39, 0.29) is 23.2 Å². The van der Waals surface area contributed by atoms with E-state index >= 15 is 0 Å². The van der Waals surface area contributed by atoms with Crippen LogP contribution in [0.4, 0.5) is 5.69 Å². The van der Waals surface area contributed by atoms with Crippen LogP contribution < -0.4 is 10.1 Å². The van der Waals surface area contributed by atoms with E-state index < -0.39 is 0 Å². The zero-order valence-electron chi connectivity index (χ0n) is 18.3. The molecule has 1 unspecified atom stereocenters. The van der Waals surface area contributed by atoms with Gasteiger partial charge in [-0.05, 0) is 44.7 Å². The Kier molecular flexibility index (Phi) is 5.21. The zero-order valence-corrected chi connectivity index (χ0v) is 18.3. The van der Waals surface area contributed by atoms with Gasteiger partial charge in [0.1, 0.15) is 5.82 Å². The van der Waals surface area contributed by atoms with Crippen molar-refractivity contribution in [3.63, 3.8) is 0 Å². The Bertz CT molecular complexity index is 1230. The highest BCUT2D eigenvalue weighted by Gasteiger charge is 2.62. The number of aromatic nitrogens is 3. The minimum absolute atomic E-state index is 0.0200. The summed E-state index contributed by atoms with van der Waals surface area (Å²) in [4.78, 5) is 26.5. The third-order valence-electron chi connectivity index (χ3n) is 6.60. The molecule has 0 bridgehead atoms. The number of aryl methyl sites for hydroxylation is 2. The molecule has 0 radical (unpaired) electrons. The lowest BCUT2D eigenvalue weighted by Gasteiger charge is -2.26. The molecule has 1 aromatic carbocycles. The third-order valence-corrected chi connectivity index (χ3v) is 6.60. The van der Waals surface area contributed by atoms with Gasteiger partial charge >= 0.3 is 0 Å². The van der Waals surface area contributed by atoms with Crippen LogP contribution in [0.25, 0.3) is 10.9 Å².